The molecule has 0 N–H and O–H groups in total. The van der Waals surface area contributed by atoms with Crippen LogP contribution < -0.4 is 0 Å². The summed E-state index contributed by atoms with van der Waals surface area (Å²) in [7, 11) is -3.52. The van der Waals surface area contributed by atoms with Gasteiger partial charge in [0.05, 0.1) is 12.1 Å². The Hall–Kier alpha value is -1.10. The van der Waals surface area contributed by atoms with Gasteiger partial charge in [-0.05, 0) is 23.6 Å². The summed E-state index contributed by atoms with van der Waals surface area (Å²) >= 11 is 5.78. The smallest absolute Gasteiger partial charge is 0.261 e. The summed E-state index contributed by atoms with van der Waals surface area (Å²) in [5.74, 6) is 0.434. The molecular formula is C15H16ClO3S. The van der Waals surface area contributed by atoms with E-state index in [2.05, 4.69) is 12.2 Å². The monoisotopic (exact) mass is 311 g/mol. The minimum Gasteiger partial charge on any atom is -0.261 e. The van der Waals surface area contributed by atoms with Gasteiger partial charge in [-0.1, -0.05) is 42.5 Å². The molecule has 0 aromatic heterocycles. The first-order valence-corrected chi connectivity index (χ1v) is 8.63. The summed E-state index contributed by atoms with van der Waals surface area (Å²) in [6.07, 6.45) is 10.4. The molecule has 0 fully saturated rings. The Morgan fingerprint density at radius 3 is 2.60 bits per heavy atom. The molecule has 0 bridgehead atoms. The predicted molar refractivity (Wildman–Crippen MR) is 80.1 cm³/mol. The van der Waals surface area contributed by atoms with E-state index in [0.717, 1.165) is 18.2 Å². The molecule has 0 heterocycles. The van der Waals surface area contributed by atoms with Crippen molar-refractivity contribution in [3.63, 3.8) is 0 Å². The van der Waals surface area contributed by atoms with E-state index in [1.165, 1.54) is 5.56 Å². The van der Waals surface area contributed by atoms with Crippen LogP contribution in [0.4, 0.5) is 0 Å². The van der Waals surface area contributed by atoms with Gasteiger partial charge in [-0.15, -0.1) is 11.6 Å². The predicted octanol–water partition coefficient (Wildman–Crippen LogP) is 3.35. The van der Waals surface area contributed by atoms with E-state index in [0.29, 0.717) is 5.92 Å². The van der Waals surface area contributed by atoms with Gasteiger partial charge in [0.15, 0.2) is 0 Å². The zero-order chi connectivity index (χ0) is 14.6. The second-order valence-corrected chi connectivity index (χ2v) is 6.59. The fourth-order valence-electron chi connectivity index (χ4n) is 2.10. The van der Waals surface area contributed by atoms with Crippen molar-refractivity contribution in [2.45, 2.75) is 18.4 Å². The van der Waals surface area contributed by atoms with E-state index in [9.17, 15) is 8.42 Å². The van der Waals surface area contributed by atoms with Crippen LogP contribution in [-0.2, 0) is 14.3 Å². The molecule has 1 aromatic rings. The molecule has 1 aliphatic rings. The van der Waals surface area contributed by atoms with Gasteiger partial charge in [0, 0.05) is 5.92 Å². The maximum Gasteiger partial charge on any atom is 0.265 e. The molecule has 5 heteroatoms. The number of halogens is 1. The van der Waals surface area contributed by atoms with Crippen LogP contribution in [0.15, 0.2) is 42.5 Å². The molecule has 0 saturated heterocycles. The summed E-state index contributed by atoms with van der Waals surface area (Å²) in [5, 5.41) is 0. The van der Waals surface area contributed by atoms with Gasteiger partial charge >= 0.3 is 0 Å². The highest BCUT2D eigenvalue weighted by molar-refractivity contribution is 7.86. The lowest BCUT2D eigenvalue weighted by atomic mass is 9.92. The Labute approximate surface area is 125 Å². The van der Waals surface area contributed by atoms with Crippen LogP contribution in [0.25, 0.3) is 0 Å². The average molecular weight is 312 g/mol. The summed E-state index contributed by atoms with van der Waals surface area (Å²) in [5.41, 5.74) is 1.94. The number of benzene rings is 1. The molecule has 2 atom stereocenters. The Kier molecular flexibility index (Phi) is 5.02. The lowest BCUT2D eigenvalue weighted by molar-refractivity contribution is 0.240. The van der Waals surface area contributed by atoms with Crippen LogP contribution in [0.5, 0.6) is 0 Å². The highest BCUT2D eigenvalue weighted by atomic mass is 35.5. The van der Waals surface area contributed by atoms with E-state index in [1.807, 2.05) is 36.4 Å². The zero-order valence-electron chi connectivity index (χ0n) is 11.1. The molecule has 107 valence electrons. The largest absolute Gasteiger partial charge is 0.265 e. The molecule has 2 rings (SSSR count). The zero-order valence-corrected chi connectivity index (χ0v) is 12.7. The van der Waals surface area contributed by atoms with E-state index in [1.54, 1.807) is 0 Å². The van der Waals surface area contributed by atoms with E-state index in [-0.39, 0.29) is 5.88 Å². The number of allylic oxidation sites excluding steroid dienone is 4. The number of hydrogen-bond acceptors (Lipinski definition) is 3. The van der Waals surface area contributed by atoms with Crippen LogP contribution in [0.3, 0.4) is 0 Å². The summed E-state index contributed by atoms with van der Waals surface area (Å²) < 4.78 is 27.3. The molecule has 20 heavy (non-hydrogen) atoms. The van der Waals surface area contributed by atoms with Crippen molar-refractivity contribution >= 4 is 21.7 Å². The lowest BCUT2D eigenvalue weighted by Gasteiger charge is -2.17. The molecule has 0 unspecified atom stereocenters. The second-order valence-electron chi connectivity index (χ2n) is 4.68. The van der Waals surface area contributed by atoms with E-state index in [4.69, 9.17) is 15.8 Å². The first-order chi connectivity index (χ1) is 9.49. The number of rotatable bonds is 5. The number of alkyl halides is 1. The third-order valence-corrected chi connectivity index (χ3v) is 3.94. The maximum absolute atomic E-state index is 11.2. The molecule has 1 aromatic carbocycles. The summed E-state index contributed by atoms with van der Waals surface area (Å²) in [4.78, 5) is 0. The first-order valence-electron chi connectivity index (χ1n) is 6.28. The molecule has 0 spiro atoms. The van der Waals surface area contributed by atoms with Gasteiger partial charge in [-0.2, -0.15) is 8.42 Å². The van der Waals surface area contributed by atoms with Gasteiger partial charge in [0.2, 0.25) is 0 Å². The van der Waals surface area contributed by atoms with Crippen molar-refractivity contribution in [2.75, 3.05) is 12.1 Å². The normalized spacial score (nSPS) is 20.0. The number of hydrogen-bond donors (Lipinski definition) is 0. The molecule has 3 nitrogen and oxygen atoms in total. The SMILES string of the molecule is CS(=O)(=O)O[C@H](CCl)c1ccc([C@H]2C=C[C]=CC2)cc1. The third kappa shape index (κ3) is 4.20. The Morgan fingerprint density at radius 1 is 1.40 bits per heavy atom. The fraction of sp³-hybridized carbons (Fsp3) is 0.333. The van der Waals surface area contributed by atoms with Crippen LogP contribution in [0.1, 0.15) is 29.6 Å². The van der Waals surface area contributed by atoms with Crippen molar-refractivity contribution < 1.29 is 12.6 Å². The Balaban J connectivity index is 2.14. The Bertz CT molecular complexity index is 603. The minimum absolute atomic E-state index is 0.0907. The van der Waals surface area contributed by atoms with Crippen molar-refractivity contribution in [3.8, 4) is 0 Å². The van der Waals surface area contributed by atoms with E-state index < -0.39 is 16.2 Å². The van der Waals surface area contributed by atoms with Crippen molar-refractivity contribution in [1.29, 1.82) is 0 Å². The molecule has 0 amide bonds. The van der Waals surface area contributed by atoms with Crippen LogP contribution in [-0.4, -0.2) is 20.6 Å². The molecule has 1 radical (unpaired) electrons. The van der Waals surface area contributed by atoms with Gasteiger partial charge in [-0.3, -0.25) is 4.18 Å². The van der Waals surface area contributed by atoms with Gasteiger partial charge in [-0.25, -0.2) is 0 Å². The highest BCUT2D eigenvalue weighted by Gasteiger charge is 2.17. The topological polar surface area (TPSA) is 43.4 Å². The Morgan fingerprint density at radius 2 is 2.10 bits per heavy atom. The van der Waals surface area contributed by atoms with Gasteiger partial charge in [0.1, 0.15) is 6.10 Å². The molecule has 1 aliphatic carbocycles. The van der Waals surface area contributed by atoms with Crippen LogP contribution >= 0.6 is 11.6 Å². The van der Waals surface area contributed by atoms with E-state index >= 15 is 0 Å². The van der Waals surface area contributed by atoms with Crippen molar-refractivity contribution in [1.82, 2.24) is 0 Å². The summed E-state index contributed by atoms with van der Waals surface area (Å²) in [6, 6.07) is 7.69. The second kappa shape index (κ2) is 6.57. The molecule has 0 saturated carbocycles. The quantitative estimate of drug-likeness (QED) is 0.618. The lowest BCUT2D eigenvalue weighted by Crippen LogP contribution is -2.12. The third-order valence-electron chi connectivity index (χ3n) is 3.08. The van der Waals surface area contributed by atoms with Crippen LogP contribution in [0, 0.1) is 6.08 Å². The van der Waals surface area contributed by atoms with Crippen molar-refractivity contribution in [2.24, 2.45) is 0 Å². The fourth-order valence-corrected chi connectivity index (χ4v) is 3.02. The van der Waals surface area contributed by atoms with Crippen molar-refractivity contribution in [3.05, 3.63) is 59.7 Å². The van der Waals surface area contributed by atoms with Gasteiger partial charge < -0.3 is 0 Å². The summed E-state index contributed by atoms with van der Waals surface area (Å²) in [6.45, 7) is 0. The minimum atomic E-state index is -3.52. The van der Waals surface area contributed by atoms with Crippen LogP contribution in [0.2, 0.25) is 0 Å². The van der Waals surface area contributed by atoms with Gasteiger partial charge in [0.25, 0.3) is 10.1 Å². The molecule has 0 aliphatic heterocycles. The maximum atomic E-state index is 11.2. The molecular weight excluding hydrogens is 296 g/mol. The average Bonchev–Trinajstić information content (AvgIpc) is 2.45. The highest BCUT2D eigenvalue weighted by Crippen LogP contribution is 2.27. The first kappa shape index (κ1) is 15.3. The standard InChI is InChI=1S/C15H16ClO3S/c1-20(17,18)19-15(11-16)14-9-7-13(8-10-14)12-5-3-2-4-6-12/h3-5,7-10,12,15H,6,11H2,1H3/t12-,15+/m0/s1.